The summed E-state index contributed by atoms with van der Waals surface area (Å²) >= 11 is 0. The summed E-state index contributed by atoms with van der Waals surface area (Å²) in [5.41, 5.74) is -1.19. The summed E-state index contributed by atoms with van der Waals surface area (Å²) in [6.45, 7) is 8.73. The summed E-state index contributed by atoms with van der Waals surface area (Å²) in [6.07, 6.45) is 2.69. The zero-order valence-corrected chi connectivity index (χ0v) is 15.6. The largest absolute Gasteiger partial charge is 0.481 e. The molecule has 0 bridgehead atoms. The van der Waals surface area contributed by atoms with Crippen molar-refractivity contribution in [1.29, 1.82) is 0 Å². The maximum atomic E-state index is 12.1. The Morgan fingerprint density at radius 2 is 1.69 bits per heavy atom. The van der Waals surface area contributed by atoms with Gasteiger partial charge in [-0.05, 0) is 46.3 Å². The number of hydrogen-bond acceptors (Lipinski definition) is 5. The molecule has 1 saturated heterocycles. The van der Waals surface area contributed by atoms with E-state index in [0.717, 1.165) is 0 Å². The number of carbonyl (C=O) groups is 3. The van der Waals surface area contributed by atoms with E-state index in [1.807, 2.05) is 4.90 Å². The molecule has 0 aromatic carbocycles. The van der Waals surface area contributed by atoms with Gasteiger partial charge >= 0.3 is 18.0 Å². The SMILES string of the molecule is CC(C)(C)OC(=O)N1CCN(C2=CC(C)(C(=O)O)CC(C(=O)O)=C2)CC1. The number of amides is 1. The first-order valence-corrected chi connectivity index (χ1v) is 8.54. The summed E-state index contributed by atoms with van der Waals surface area (Å²) in [4.78, 5) is 38.6. The molecule has 8 nitrogen and oxygen atoms in total. The molecule has 2 rings (SSSR count). The van der Waals surface area contributed by atoms with E-state index in [1.54, 1.807) is 31.7 Å². The highest BCUT2D eigenvalue weighted by Gasteiger charge is 2.38. The molecule has 144 valence electrons. The Morgan fingerprint density at radius 3 is 2.15 bits per heavy atom. The van der Waals surface area contributed by atoms with E-state index < -0.39 is 23.0 Å². The van der Waals surface area contributed by atoms with Crippen LogP contribution in [0.2, 0.25) is 0 Å². The monoisotopic (exact) mass is 366 g/mol. The summed E-state index contributed by atoms with van der Waals surface area (Å²) in [5, 5.41) is 18.8. The first-order chi connectivity index (χ1) is 11.9. The maximum Gasteiger partial charge on any atom is 0.410 e. The number of nitrogens with zero attached hydrogens (tertiary/aromatic N) is 2. The third kappa shape index (κ3) is 4.56. The van der Waals surface area contributed by atoms with Gasteiger partial charge in [0.1, 0.15) is 5.60 Å². The molecule has 1 atom stereocenters. The zero-order chi connectivity index (χ0) is 19.7. The number of aliphatic carboxylic acids is 2. The zero-order valence-electron chi connectivity index (χ0n) is 15.6. The topological polar surface area (TPSA) is 107 Å². The lowest BCUT2D eigenvalue weighted by molar-refractivity contribution is -0.145. The van der Waals surface area contributed by atoms with E-state index in [1.165, 1.54) is 13.0 Å². The number of carbonyl (C=O) groups excluding carboxylic acids is 1. The van der Waals surface area contributed by atoms with Crippen LogP contribution in [0, 0.1) is 5.41 Å². The molecule has 0 aromatic heterocycles. The van der Waals surface area contributed by atoms with Gasteiger partial charge in [-0.1, -0.05) is 0 Å². The average molecular weight is 366 g/mol. The lowest BCUT2D eigenvalue weighted by Crippen LogP contribution is -2.50. The van der Waals surface area contributed by atoms with Crippen molar-refractivity contribution >= 4 is 18.0 Å². The Kier molecular flexibility index (Phi) is 5.34. The fourth-order valence-corrected chi connectivity index (χ4v) is 2.98. The van der Waals surface area contributed by atoms with Gasteiger partial charge in [-0.25, -0.2) is 9.59 Å². The Bertz CT molecular complexity index is 668. The molecule has 1 unspecified atom stereocenters. The fraction of sp³-hybridized carbons (Fsp3) is 0.611. The predicted octanol–water partition coefficient (Wildman–Crippen LogP) is 1.93. The Labute approximate surface area is 152 Å². The minimum absolute atomic E-state index is 0.0565. The van der Waals surface area contributed by atoms with Gasteiger partial charge in [-0.2, -0.15) is 0 Å². The molecule has 1 fully saturated rings. The van der Waals surface area contributed by atoms with E-state index in [2.05, 4.69) is 0 Å². The van der Waals surface area contributed by atoms with Crippen LogP contribution in [0.4, 0.5) is 4.79 Å². The van der Waals surface area contributed by atoms with Gasteiger partial charge in [0.25, 0.3) is 0 Å². The Hall–Kier alpha value is -2.51. The molecule has 2 N–H and O–H groups in total. The molecule has 8 heteroatoms. The summed E-state index contributed by atoms with van der Waals surface area (Å²) in [5.74, 6) is -2.18. The van der Waals surface area contributed by atoms with Crippen LogP contribution >= 0.6 is 0 Å². The lowest BCUT2D eigenvalue weighted by Gasteiger charge is -2.39. The highest BCUT2D eigenvalue weighted by atomic mass is 16.6. The third-order valence-electron chi connectivity index (χ3n) is 4.41. The predicted molar refractivity (Wildman–Crippen MR) is 93.5 cm³/mol. The van der Waals surface area contributed by atoms with Crippen LogP contribution in [0.3, 0.4) is 0 Å². The average Bonchev–Trinajstić information content (AvgIpc) is 2.52. The van der Waals surface area contributed by atoms with Crippen molar-refractivity contribution in [2.75, 3.05) is 26.2 Å². The van der Waals surface area contributed by atoms with Crippen LogP contribution in [0.25, 0.3) is 0 Å². The molecule has 2 aliphatic rings. The quantitative estimate of drug-likeness (QED) is 0.786. The minimum Gasteiger partial charge on any atom is -0.481 e. The highest BCUT2D eigenvalue weighted by molar-refractivity contribution is 5.90. The summed E-state index contributed by atoms with van der Waals surface area (Å²) < 4.78 is 5.36. The van der Waals surface area contributed by atoms with Gasteiger partial charge in [-0.15, -0.1) is 0 Å². The highest BCUT2D eigenvalue weighted by Crippen LogP contribution is 2.35. The Balaban J connectivity index is 2.12. The third-order valence-corrected chi connectivity index (χ3v) is 4.41. The van der Waals surface area contributed by atoms with Crippen LogP contribution in [0.1, 0.15) is 34.1 Å². The standard InChI is InChI=1S/C18H26N2O6/c1-17(2,3)26-16(25)20-7-5-19(6-8-20)13-9-12(14(21)22)10-18(4,11-13)15(23)24/h9,11H,5-8,10H2,1-4H3,(H,21,22)(H,23,24). The van der Waals surface area contributed by atoms with Gasteiger partial charge < -0.3 is 24.7 Å². The second kappa shape index (κ2) is 7.01. The lowest BCUT2D eigenvalue weighted by atomic mass is 9.79. The van der Waals surface area contributed by atoms with Crippen molar-refractivity contribution in [3.05, 3.63) is 23.4 Å². The van der Waals surface area contributed by atoms with Crippen LogP contribution in [-0.4, -0.2) is 69.8 Å². The molecule has 1 heterocycles. The van der Waals surface area contributed by atoms with Crippen LogP contribution in [0.15, 0.2) is 23.4 Å². The van der Waals surface area contributed by atoms with Crippen LogP contribution < -0.4 is 0 Å². The number of rotatable bonds is 3. The molecule has 0 aromatic rings. The number of carboxylic acid groups (broad SMARTS) is 2. The van der Waals surface area contributed by atoms with E-state index >= 15 is 0 Å². The number of carboxylic acids is 2. The molecule has 1 aliphatic heterocycles. The summed E-state index contributed by atoms with van der Waals surface area (Å²) in [7, 11) is 0. The number of ether oxygens (including phenoxy) is 1. The summed E-state index contributed by atoms with van der Waals surface area (Å²) in [6, 6.07) is 0. The number of hydrogen-bond donors (Lipinski definition) is 2. The number of allylic oxidation sites excluding steroid dienone is 1. The van der Waals surface area contributed by atoms with Crippen molar-refractivity contribution in [2.24, 2.45) is 5.41 Å². The Morgan fingerprint density at radius 1 is 1.12 bits per heavy atom. The van der Waals surface area contributed by atoms with E-state index in [4.69, 9.17) is 4.74 Å². The van der Waals surface area contributed by atoms with Gasteiger partial charge in [0, 0.05) is 37.4 Å². The van der Waals surface area contributed by atoms with Gasteiger partial charge in [0.2, 0.25) is 0 Å². The normalized spacial score (nSPS) is 23.8. The van der Waals surface area contributed by atoms with Crippen molar-refractivity contribution in [2.45, 2.75) is 39.7 Å². The minimum atomic E-state index is -1.26. The maximum absolute atomic E-state index is 12.1. The molecule has 0 radical (unpaired) electrons. The van der Waals surface area contributed by atoms with E-state index in [-0.39, 0.29) is 18.1 Å². The molecule has 1 aliphatic carbocycles. The molecular weight excluding hydrogens is 340 g/mol. The van der Waals surface area contributed by atoms with Crippen molar-refractivity contribution in [3.63, 3.8) is 0 Å². The number of piperazine rings is 1. The second-order valence-corrected chi connectivity index (χ2v) is 7.90. The first kappa shape index (κ1) is 19.8. The van der Waals surface area contributed by atoms with Crippen molar-refractivity contribution in [3.8, 4) is 0 Å². The van der Waals surface area contributed by atoms with Crippen molar-refractivity contribution in [1.82, 2.24) is 9.80 Å². The first-order valence-electron chi connectivity index (χ1n) is 8.54. The molecular formula is C18H26N2O6. The second-order valence-electron chi connectivity index (χ2n) is 7.90. The van der Waals surface area contributed by atoms with Gasteiger partial charge in [0.05, 0.1) is 5.41 Å². The van der Waals surface area contributed by atoms with Crippen molar-refractivity contribution < 1.29 is 29.3 Å². The molecule has 0 saturated carbocycles. The van der Waals surface area contributed by atoms with Crippen LogP contribution in [0.5, 0.6) is 0 Å². The smallest absolute Gasteiger partial charge is 0.410 e. The van der Waals surface area contributed by atoms with E-state index in [9.17, 15) is 24.6 Å². The van der Waals surface area contributed by atoms with Gasteiger partial charge in [0.15, 0.2) is 0 Å². The molecule has 0 spiro atoms. The van der Waals surface area contributed by atoms with Crippen LogP contribution in [-0.2, 0) is 14.3 Å². The van der Waals surface area contributed by atoms with E-state index in [0.29, 0.717) is 31.9 Å². The molecule has 1 amide bonds. The van der Waals surface area contributed by atoms with Gasteiger partial charge in [-0.3, -0.25) is 4.79 Å². The molecule has 26 heavy (non-hydrogen) atoms. The fourth-order valence-electron chi connectivity index (χ4n) is 2.98.